The van der Waals surface area contributed by atoms with Gasteiger partial charge in [-0.15, -0.1) is 0 Å². The highest BCUT2D eigenvalue weighted by atomic mass is 16.4. The molecule has 3 heteroatoms. The Morgan fingerprint density at radius 1 is 1.05 bits per heavy atom. The van der Waals surface area contributed by atoms with Crippen LogP contribution in [-0.4, -0.2) is 11.1 Å². The van der Waals surface area contributed by atoms with Crippen LogP contribution >= 0.6 is 0 Å². The average Bonchev–Trinajstić information content (AvgIpc) is 2.48. The molecule has 0 fully saturated rings. The Morgan fingerprint density at radius 2 is 1.60 bits per heavy atom. The van der Waals surface area contributed by atoms with Crippen molar-refractivity contribution in [3.05, 3.63) is 77.9 Å². The third-order valence-corrected chi connectivity index (χ3v) is 3.02. The molecule has 0 bridgehead atoms. The van der Waals surface area contributed by atoms with Gasteiger partial charge in [-0.1, -0.05) is 60.7 Å². The smallest absolute Gasteiger partial charge is 0.330 e. The van der Waals surface area contributed by atoms with Crippen molar-refractivity contribution in [2.24, 2.45) is 0 Å². The Labute approximate surface area is 118 Å². The molecule has 2 rings (SSSR count). The molecule has 3 nitrogen and oxygen atoms in total. The molecule has 0 amide bonds. The normalized spacial score (nSPS) is 12.8. The number of carboxylic acids is 1. The largest absolute Gasteiger partial charge is 0.478 e. The summed E-state index contributed by atoms with van der Waals surface area (Å²) in [6.45, 7) is 2.01. The van der Waals surface area contributed by atoms with Gasteiger partial charge in [0.2, 0.25) is 0 Å². The van der Waals surface area contributed by atoms with Crippen LogP contribution in [0.25, 0.3) is 5.70 Å². The van der Waals surface area contributed by atoms with E-state index in [1.54, 1.807) is 0 Å². The van der Waals surface area contributed by atoms with E-state index >= 15 is 0 Å². The number of hydrogen-bond donors (Lipinski definition) is 2. The molecule has 0 aromatic heterocycles. The summed E-state index contributed by atoms with van der Waals surface area (Å²) in [5, 5.41) is 12.3. The third kappa shape index (κ3) is 3.72. The van der Waals surface area contributed by atoms with Crippen molar-refractivity contribution in [2.45, 2.75) is 13.0 Å². The second kappa shape index (κ2) is 6.57. The third-order valence-electron chi connectivity index (χ3n) is 3.02. The first-order valence-electron chi connectivity index (χ1n) is 6.48. The SMILES string of the molecule is C[C@@H](N/C(=C\C(=O)O)c1ccccc1)c1ccccc1. The van der Waals surface area contributed by atoms with Gasteiger partial charge in [-0.3, -0.25) is 0 Å². The molecule has 0 unspecified atom stereocenters. The molecule has 102 valence electrons. The van der Waals surface area contributed by atoms with Crippen molar-refractivity contribution in [1.29, 1.82) is 0 Å². The Kier molecular flexibility index (Phi) is 4.56. The lowest BCUT2D eigenvalue weighted by molar-refractivity contribution is -0.131. The summed E-state index contributed by atoms with van der Waals surface area (Å²) in [7, 11) is 0. The zero-order valence-corrected chi connectivity index (χ0v) is 11.3. The summed E-state index contributed by atoms with van der Waals surface area (Å²) in [5.74, 6) is -0.961. The van der Waals surface area contributed by atoms with Crippen LogP contribution in [0.5, 0.6) is 0 Å². The molecule has 0 saturated heterocycles. The van der Waals surface area contributed by atoms with E-state index in [2.05, 4.69) is 5.32 Å². The van der Waals surface area contributed by atoms with E-state index in [1.165, 1.54) is 6.08 Å². The molecule has 0 spiro atoms. The lowest BCUT2D eigenvalue weighted by Crippen LogP contribution is -2.18. The summed E-state index contributed by atoms with van der Waals surface area (Å²) in [4.78, 5) is 11.0. The number of aliphatic carboxylic acids is 1. The molecule has 0 aliphatic carbocycles. The lowest BCUT2D eigenvalue weighted by Gasteiger charge is -2.18. The maximum atomic E-state index is 11.0. The van der Waals surface area contributed by atoms with Crippen molar-refractivity contribution in [3.63, 3.8) is 0 Å². The fourth-order valence-corrected chi connectivity index (χ4v) is 2.01. The van der Waals surface area contributed by atoms with E-state index in [0.717, 1.165) is 11.1 Å². The van der Waals surface area contributed by atoms with Crippen LogP contribution in [0.15, 0.2) is 66.7 Å². The molecule has 2 aromatic carbocycles. The second-order valence-electron chi connectivity index (χ2n) is 4.54. The molecule has 20 heavy (non-hydrogen) atoms. The highest BCUT2D eigenvalue weighted by Crippen LogP contribution is 2.18. The molecule has 0 aliphatic heterocycles. The molecule has 2 aromatic rings. The predicted molar refractivity (Wildman–Crippen MR) is 80.0 cm³/mol. The fraction of sp³-hybridized carbons (Fsp3) is 0.118. The minimum atomic E-state index is -0.961. The predicted octanol–water partition coefficient (Wildman–Crippen LogP) is 3.46. The minimum Gasteiger partial charge on any atom is -0.478 e. The van der Waals surface area contributed by atoms with Gasteiger partial charge in [-0.05, 0) is 18.1 Å². The number of carboxylic acid groups (broad SMARTS) is 1. The van der Waals surface area contributed by atoms with Crippen LogP contribution in [0.2, 0.25) is 0 Å². The van der Waals surface area contributed by atoms with Gasteiger partial charge in [-0.25, -0.2) is 4.79 Å². The highest BCUT2D eigenvalue weighted by molar-refractivity contribution is 5.89. The Bertz CT molecular complexity index is 591. The van der Waals surface area contributed by atoms with Gasteiger partial charge in [-0.2, -0.15) is 0 Å². The number of rotatable bonds is 5. The van der Waals surface area contributed by atoms with Gasteiger partial charge >= 0.3 is 5.97 Å². The van der Waals surface area contributed by atoms with Gasteiger partial charge in [0, 0.05) is 17.8 Å². The van der Waals surface area contributed by atoms with E-state index in [9.17, 15) is 4.79 Å². The first-order valence-corrected chi connectivity index (χ1v) is 6.48. The molecule has 0 aliphatic rings. The van der Waals surface area contributed by atoms with Gasteiger partial charge in [0.15, 0.2) is 0 Å². The van der Waals surface area contributed by atoms with Crippen LogP contribution in [0, 0.1) is 0 Å². The first kappa shape index (κ1) is 13.9. The molecular formula is C17H17NO2. The van der Waals surface area contributed by atoms with Crippen LogP contribution in [0.3, 0.4) is 0 Å². The maximum absolute atomic E-state index is 11.0. The van der Waals surface area contributed by atoms with Crippen molar-refractivity contribution in [1.82, 2.24) is 5.32 Å². The maximum Gasteiger partial charge on any atom is 0.330 e. The van der Waals surface area contributed by atoms with Crippen molar-refractivity contribution < 1.29 is 9.90 Å². The van der Waals surface area contributed by atoms with E-state index in [1.807, 2.05) is 67.6 Å². The molecule has 0 saturated carbocycles. The first-order chi connectivity index (χ1) is 9.66. The zero-order valence-electron chi connectivity index (χ0n) is 11.3. The number of benzene rings is 2. The number of hydrogen-bond acceptors (Lipinski definition) is 2. The molecule has 1 atom stereocenters. The lowest BCUT2D eigenvalue weighted by atomic mass is 10.1. The van der Waals surface area contributed by atoms with Crippen molar-refractivity contribution in [2.75, 3.05) is 0 Å². The van der Waals surface area contributed by atoms with Gasteiger partial charge in [0.1, 0.15) is 0 Å². The molecule has 2 N–H and O–H groups in total. The molecular weight excluding hydrogens is 250 g/mol. The summed E-state index contributed by atoms with van der Waals surface area (Å²) in [5.41, 5.74) is 2.58. The summed E-state index contributed by atoms with van der Waals surface area (Å²) in [6, 6.07) is 19.4. The topological polar surface area (TPSA) is 49.3 Å². The highest BCUT2D eigenvalue weighted by Gasteiger charge is 2.09. The van der Waals surface area contributed by atoms with Crippen molar-refractivity contribution in [3.8, 4) is 0 Å². The number of carbonyl (C=O) groups is 1. The average molecular weight is 267 g/mol. The monoisotopic (exact) mass is 267 g/mol. The summed E-state index contributed by atoms with van der Waals surface area (Å²) < 4.78 is 0. The van der Waals surface area contributed by atoms with E-state index < -0.39 is 5.97 Å². The van der Waals surface area contributed by atoms with Crippen LogP contribution in [0.4, 0.5) is 0 Å². The second-order valence-corrected chi connectivity index (χ2v) is 4.54. The van der Waals surface area contributed by atoms with E-state index in [-0.39, 0.29) is 6.04 Å². The standard InChI is InChI=1S/C17H17NO2/c1-13(14-8-4-2-5-9-14)18-16(12-17(19)20)15-10-6-3-7-11-15/h2-13,18H,1H3,(H,19,20)/b16-12-/t13-/m1/s1. The van der Waals surface area contributed by atoms with Crippen LogP contribution in [0.1, 0.15) is 24.1 Å². The quantitative estimate of drug-likeness (QED) is 0.816. The van der Waals surface area contributed by atoms with E-state index in [0.29, 0.717) is 5.70 Å². The van der Waals surface area contributed by atoms with Gasteiger partial charge in [0.25, 0.3) is 0 Å². The van der Waals surface area contributed by atoms with Gasteiger partial charge < -0.3 is 10.4 Å². The van der Waals surface area contributed by atoms with Crippen LogP contribution < -0.4 is 5.32 Å². The molecule has 0 heterocycles. The van der Waals surface area contributed by atoms with Crippen LogP contribution in [-0.2, 0) is 4.79 Å². The van der Waals surface area contributed by atoms with Crippen molar-refractivity contribution >= 4 is 11.7 Å². The fourth-order valence-electron chi connectivity index (χ4n) is 2.01. The van der Waals surface area contributed by atoms with E-state index in [4.69, 9.17) is 5.11 Å². The minimum absolute atomic E-state index is 0.0296. The summed E-state index contributed by atoms with van der Waals surface area (Å²) in [6.07, 6.45) is 1.20. The Morgan fingerprint density at radius 3 is 2.15 bits per heavy atom. The Hall–Kier alpha value is -2.55. The number of nitrogens with one attached hydrogen (secondary N) is 1. The summed E-state index contributed by atoms with van der Waals surface area (Å²) >= 11 is 0. The molecule has 0 radical (unpaired) electrons. The zero-order chi connectivity index (χ0) is 14.4. The van der Waals surface area contributed by atoms with Gasteiger partial charge in [0.05, 0.1) is 0 Å². The Balaban J connectivity index is 2.24.